The van der Waals surface area contributed by atoms with E-state index in [0.717, 1.165) is 23.4 Å². The van der Waals surface area contributed by atoms with Gasteiger partial charge >= 0.3 is 0 Å². The van der Waals surface area contributed by atoms with Crippen molar-refractivity contribution < 1.29 is 5.11 Å². The second-order valence-electron chi connectivity index (χ2n) is 4.39. The maximum Gasteiger partial charge on any atom is 0.0500 e. The molecule has 3 nitrogen and oxygen atoms in total. The number of aromatic nitrogens is 2. The van der Waals surface area contributed by atoms with Crippen LogP contribution in [0.15, 0.2) is 36.5 Å². The van der Waals surface area contributed by atoms with Gasteiger partial charge in [0.05, 0.1) is 0 Å². The maximum absolute atomic E-state index is 9.52. The molecule has 2 rings (SSSR count). The Hall–Kier alpha value is -1.32. The van der Waals surface area contributed by atoms with Gasteiger partial charge in [-0.2, -0.15) is 5.10 Å². The van der Waals surface area contributed by atoms with Gasteiger partial charge in [0.2, 0.25) is 0 Å². The van der Waals surface area contributed by atoms with Gasteiger partial charge in [0.15, 0.2) is 0 Å². The minimum Gasteiger partial charge on any atom is -0.396 e. The molecule has 2 aromatic rings. The van der Waals surface area contributed by atoms with Gasteiger partial charge in [0.1, 0.15) is 0 Å². The molecule has 0 spiro atoms. The number of nitrogens with zero attached hydrogens (tertiary/aromatic N) is 2. The summed E-state index contributed by atoms with van der Waals surface area (Å²) in [6.07, 6.45) is 3.53. The first-order valence-corrected chi connectivity index (χ1v) is 6.42. The van der Waals surface area contributed by atoms with Crippen LogP contribution in [0.25, 0.3) is 0 Å². The van der Waals surface area contributed by atoms with E-state index in [1.165, 1.54) is 5.69 Å². The highest BCUT2D eigenvalue weighted by molar-refractivity contribution is 6.31. The summed E-state index contributed by atoms with van der Waals surface area (Å²) >= 11 is 6.16. The molecule has 96 valence electrons. The summed E-state index contributed by atoms with van der Waals surface area (Å²) in [5, 5.41) is 14.4. The Morgan fingerprint density at radius 1 is 1.33 bits per heavy atom. The molecule has 1 aromatic carbocycles. The normalized spacial score (nSPS) is 12.6. The van der Waals surface area contributed by atoms with Crippen molar-refractivity contribution in [2.75, 3.05) is 6.61 Å². The number of hydrogen-bond donors (Lipinski definition) is 1. The highest BCUT2D eigenvalue weighted by Gasteiger charge is 2.14. The molecule has 0 amide bonds. The number of benzene rings is 1. The van der Waals surface area contributed by atoms with Gasteiger partial charge < -0.3 is 5.11 Å². The summed E-state index contributed by atoms with van der Waals surface area (Å²) in [7, 11) is 1.93. The van der Waals surface area contributed by atoms with Crippen LogP contribution in [-0.2, 0) is 13.5 Å². The molecule has 1 heterocycles. The largest absolute Gasteiger partial charge is 0.396 e. The smallest absolute Gasteiger partial charge is 0.0500 e. The molecular weight excluding hydrogens is 248 g/mol. The Morgan fingerprint density at radius 3 is 2.72 bits per heavy atom. The zero-order chi connectivity index (χ0) is 13.0. The lowest BCUT2D eigenvalue weighted by atomic mass is 9.94. The molecule has 0 saturated carbocycles. The van der Waals surface area contributed by atoms with Gasteiger partial charge in [0.25, 0.3) is 0 Å². The van der Waals surface area contributed by atoms with E-state index < -0.39 is 0 Å². The van der Waals surface area contributed by atoms with E-state index in [-0.39, 0.29) is 12.5 Å². The first-order valence-electron chi connectivity index (χ1n) is 6.04. The molecule has 1 atom stereocenters. The molecule has 0 bridgehead atoms. The number of halogens is 1. The standard InChI is InChI=1S/C14H17ClN2O/c1-17-12(8-9-16-17)7-6-11(10-18)13-4-2-3-5-14(13)15/h2-5,8-9,11,18H,6-7,10H2,1H3. The van der Waals surface area contributed by atoms with Gasteiger partial charge in [-0.1, -0.05) is 29.8 Å². The van der Waals surface area contributed by atoms with Crippen LogP contribution in [0.5, 0.6) is 0 Å². The van der Waals surface area contributed by atoms with E-state index in [2.05, 4.69) is 5.10 Å². The van der Waals surface area contributed by atoms with Crippen LogP contribution in [0, 0.1) is 0 Å². The van der Waals surface area contributed by atoms with Crippen molar-refractivity contribution in [3.05, 3.63) is 52.8 Å². The van der Waals surface area contributed by atoms with Crippen molar-refractivity contribution in [2.24, 2.45) is 7.05 Å². The van der Waals surface area contributed by atoms with Crippen molar-refractivity contribution in [3.63, 3.8) is 0 Å². The van der Waals surface area contributed by atoms with Gasteiger partial charge in [-0.3, -0.25) is 4.68 Å². The second kappa shape index (κ2) is 6.03. The number of hydrogen-bond acceptors (Lipinski definition) is 2. The van der Waals surface area contributed by atoms with Crippen molar-refractivity contribution >= 4 is 11.6 Å². The quantitative estimate of drug-likeness (QED) is 0.902. The van der Waals surface area contributed by atoms with Gasteiger partial charge in [-0.05, 0) is 30.5 Å². The highest BCUT2D eigenvalue weighted by Crippen LogP contribution is 2.27. The van der Waals surface area contributed by atoms with E-state index in [9.17, 15) is 5.11 Å². The summed E-state index contributed by atoms with van der Waals surface area (Å²) in [5.74, 6) is 0.0774. The SMILES string of the molecule is Cn1nccc1CCC(CO)c1ccccc1Cl. The first-order chi connectivity index (χ1) is 8.72. The number of aliphatic hydroxyl groups is 1. The molecule has 0 aliphatic rings. The zero-order valence-electron chi connectivity index (χ0n) is 10.4. The monoisotopic (exact) mass is 264 g/mol. The molecule has 0 radical (unpaired) electrons. The predicted octanol–water partition coefficient (Wildman–Crippen LogP) is 2.78. The number of aliphatic hydroxyl groups excluding tert-OH is 1. The third-order valence-corrected chi connectivity index (χ3v) is 3.58. The van der Waals surface area contributed by atoms with E-state index in [1.807, 2.05) is 42.1 Å². The molecular formula is C14H17ClN2O. The van der Waals surface area contributed by atoms with E-state index in [1.54, 1.807) is 6.20 Å². The van der Waals surface area contributed by atoms with Gasteiger partial charge in [-0.25, -0.2) is 0 Å². The van der Waals surface area contributed by atoms with Crippen LogP contribution in [-0.4, -0.2) is 21.5 Å². The second-order valence-corrected chi connectivity index (χ2v) is 4.79. The first kappa shape index (κ1) is 13.1. The highest BCUT2D eigenvalue weighted by atomic mass is 35.5. The average Bonchev–Trinajstić information content (AvgIpc) is 2.78. The zero-order valence-corrected chi connectivity index (χ0v) is 11.1. The number of aryl methyl sites for hydroxylation is 2. The lowest BCUT2D eigenvalue weighted by Crippen LogP contribution is -2.08. The van der Waals surface area contributed by atoms with Crippen LogP contribution < -0.4 is 0 Å². The van der Waals surface area contributed by atoms with Crippen LogP contribution in [0.2, 0.25) is 5.02 Å². The lowest BCUT2D eigenvalue weighted by Gasteiger charge is -2.16. The molecule has 0 aliphatic heterocycles. The Labute approximate surface area is 112 Å². The molecule has 0 saturated heterocycles. The van der Waals surface area contributed by atoms with Crippen LogP contribution >= 0.6 is 11.6 Å². The fourth-order valence-corrected chi connectivity index (χ4v) is 2.41. The van der Waals surface area contributed by atoms with Crippen molar-refractivity contribution in [1.29, 1.82) is 0 Å². The van der Waals surface area contributed by atoms with E-state index in [0.29, 0.717) is 0 Å². The summed E-state index contributed by atoms with van der Waals surface area (Å²) in [5.41, 5.74) is 2.18. The Bertz CT molecular complexity index is 510. The third-order valence-electron chi connectivity index (χ3n) is 3.24. The summed E-state index contributed by atoms with van der Waals surface area (Å²) in [6.45, 7) is 0.113. The van der Waals surface area contributed by atoms with Crippen LogP contribution in [0.1, 0.15) is 23.6 Å². The molecule has 0 aliphatic carbocycles. The molecule has 0 fully saturated rings. The summed E-state index contributed by atoms with van der Waals surface area (Å²) in [4.78, 5) is 0. The lowest BCUT2D eigenvalue weighted by molar-refractivity contribution is 0.259. The van der Waals surface area contributed by atoms with Crippen molar-refractivity contribution in [2.45, 2.75) is 18.8 Å². The fourth-order valence-electron chi connectivity index (χ4n) is 2.12. The number of rotatable bonds is 5. The van der Waals surface area contributed by atoms with Crippen molar-refractivity contribution in [3.8, 4) is 0 Å². The minimum atomic E-state index is 0.0774. The van der Waals surface area contributed by atoms with E-state index in [4.69, 9.17) is 11.6 Å². The maximum atomic E-state index is 9.52. The summed E-state index contributed by atoms with van der Waals surface area (Å²) < 4.78 is 1.86. The minimum absolute atomic E-state index is 0.0774. The van der Waals surface area contributed by atoms with Crippen molar-refractivity contribution in [1.82, 2.24) is 9.78 Å². The van der Waals surface area contributed by atoms with Gasteiger partial charge in [-0.15, -0.1) is 0 Å². The Morgan fingerprint density at radius 2 is 2.11 bits per heavy atom. The fraction of sp³-hybridized carbons (Fsp3) is 0.357. The van der Waals surface area contributed by atoms with Crippen LogP contribution in [0.3, 0.4) is 0 Å². The summed E-state index contributed by atoms with van der Waals surface area (Å²) in [6, 6.07) is 9.70. The molecule has 4 heteroatoms. The van der Waals surface area contributed by atoms with Crippen LogP contribution in [0.4, 0.5) is 0 Å². The molecule has 1 aromatic heterocycles. The van der Waals surface area contributed by atoms with E-state index >= 15 is 0 Å². The average molecular weight is 265 g/mol. The molecule has 18 heavy (non-hydrogen) atoms. The topological polar surface area (TPSA) is 38.0 Å². The predicted molar refractivity (Wildman–Crippen MR) is 72.8 cm³/mol. The molecule has 1 unspecified atom stereocenters. The van der Waals surface area contributed by atoms with Gasteiger partial charge in [0, 0.05) is 36.5 Å². The Balaban J connectivity index is 2.07. The molecule has 1 N–H and O–H groups in total. The Kier molecular flexibility index (Phi) is 4.39. The third kappa shape index (κ3) is 2.92.